The van der Waals surface area contributed by atoms with Gasteiger partial charge in [0, 0.05) is 0 Å². The zero-order valence-electron chi connectivity index (χ0n) is 51.8. The predicted molar refractivity (Wildman–Crippen MR) is 326 cm³/mol. The van der Waals surface area contributed by atoms with Gasteiger partial charge in [0.25, 0.3) is 20.2 Å². The Hall–Kier alpha value is -3.14. The van der Waals surface area contributed by atoms with Crippen LogP contribution in [0.5, 0.6) is 0 Å². The molecule has 3 aromatic carbocycles. The molecule has 24 heteroatoms. The van der Waals surface area contributed by atoms with Crippen molar-refractivity contribution < 1.29 is 77.1 Å². The first-order chi connectivity index (χ1) is 36.0. The first-order valence-corrected chi connectivity index (χ1v) is 35.4. The van der Waals surface area contributed by atoms with Crippen molar-refractivity contribution >= 4 is 60.7 Å². The van der Waals surface area contributed by atoms with Crippen molar-refractivity contribution in [3.8, 4) is 0 Å². The van der Waals surface area contributed by atoms with Crippen LogP contribution in [0.1, 0.15) is 198 Å². The number of aryl methyl sites for hydroxylation is 3. The highest BCUT2D eigenvalue weighted by molar-refractivity contribution is 7.92. The van der Waals surface area contributed by atoms with Crippen LogP contribution < -0.4 is 0 Å². The first kappa shape index (κ1) is 94.2. The lowest BCUT2D eigenvalue weighted by Gasteiger charge is -2.18. The number of sulfone groups is 2. The van der Waals surface area contributed by atoms with Crippen molar-refractivity contribution in [1.29, 1.82) is 0 Å². The van der Waals surface area contributed by atoms with Gasteiger partial charge in [0.15, 0.2) is 19.7 Å². The second-order valence-corrected chi connectivity index (χ2v) is 23.6. The molecule has 0 saturated heterocycles. The highest BCUT2D eigenvalue weighted by Crippen LogP contribution is 2.31. The van der Waals surface area contributed by atoms with Crippen LogP contribution in [-0.2, 0) is 81.9 Å². The zero-order valence-corrected chi connectivity index (χ0v) is 56.7. The van der Waals surface area contributed by atoms with E-state index in [-0.39, 0.29) is 27.7 Å². The van der Waals surface area contributed by atoms with E-state index >= 15 is 0 Å². The second kappa shape index (κ2) is 52.0. The average Bonchev–Trinajstić information content (AvgIpc) is 3.39. The molecular formula is C54H106O18S6. The molecule has 78 heavy (non-hydrogen) atoms. The monoisotopic (exact) mass is 1230 g/mol. The maximum atomic E-state index is 12.0. The lowest BCUT2D eigenvalue weighted by molar-refractivity contribution is 0.282. The molecule has 0 unspecified atom stereocenters. The molecule has 0 aliphatic carbocycles. The Balaban J connectivity index is -0.000000111. The molecule has 0 amide bonds. The van der Waals surface area contributed by atoms with Crippen LogP contribution in [-0.4, -0.2) is 93.4 Å². The van der Waals surface area contributed by atoms with Gasteiger partial charge >= 0.3 is 20.8 Å². The van der Waals surface area contributed by atoms with Crippen molar-refractivity contribution in [3.05, 3.63) is 95.1 Å². The van der Waals surface area contributed by atoms with Crippen LogP contribution in [0.25, 0.3) is 0 Å². The summed E-state index contributed by atoms with van der Waals surface area (Å²) in [6.45, 7) is 52.4. The molecule has 0 saturated carbocycles. The molecule has 466 valence electrons. The lowest BCUT2D eigenvalue weighted by atomic mass is 9.92. The quantitative estimate of drug-likeness (QED) is 0.0721. The summed E-state index contributed by atoms with van der Waals surface area (Å²) in [5.41, 5.74) is 4.86. The minimum Gasteiger partial charge on any atom is -0.282 e. The summed E-state index contributed by atoms with van der Waals surface area (Å²) in [5.74, 6) is -0.354. The van der Waals surface area contributed by atoms with Crippen molar-refractivity contribution in [1.82, 2.24) is 0 Å². The van der Waals surface area contributed by atoms with Crippen molar-refractivity contribution in [3.63, 3.8) is 0 Å². The van der Waals surface area contributed by atoms with Gasteiger partial charge in [-0.25, -0.2) is 25.2 Å². The molecule has 18 nitrogen and oxygen atoms in total. The van der Waals surface area contributed by atoms with Crippen molar-refractivity contribution in [2.24, 2.45) is 5.92 Å². The fourth-order valence-electron chi connectivity index (χ4n) is 5.50. The molecule has 0 aromatic heterocycles. The molecule has 0 atom stereocenters. The second-order valence-electron chi connectivity index (χ2n) is 14.4. The summed E-state index contributed by atoms with van der Waals surface area (Å²) in [4.78, 5) is -0.815. The molecule has 0 heterocycles. The molecule has 0 aliphatic heterocycles. The van der Waals surface area contributed by atoms with Gasteiger partial charge in [-0.3, -0.25) is 18.2 Å². The molecule has 4 N–H and O–H groups in total. The summed E-state index contributed by atoms with van der Waals surface area (Å²) >= 11 is 0. The molecule has 0 fully saturated rings. The molecule has 0 spiro atoms. The number of hydrogen-bond donors (Lipinski definition) is 4. The van der Waals surface area contributed by atoms with E-state index < -0.39 is 95.2 Å². The Morgan fingerprint density at radius 2 is 0.821 bits per heavy atom. The van der Waals surface area contributed by atoms with Crippen LogP contribution >= 0.6 is 0 Å². The number of hydrogen-bond acceptors (Lipinski definition) is 14. The Morgan fingerprint density at radius 1 is 0.474 bits per heavy atom. The third-order valence-electron chi connectivity index (χ3n) is 8.81. The van der Waals surface area contributed by atoms with Gasteiger partial charge in [0.05, 0.1) is 44.3 Å². The fourth-order valence-corrected chi connectivity index (χ4v) is 10.4. The summed E-state index contributed by atoms with van der Waals surface area (Å²) in [6, 6.07) is 11.0. The zero-order chi connectivity index (χ0) is 64.7. The van der Waals surface area contributed by atoms with E-state index in [0.29, 0.717) is 5.56 Å². The highest BCUT2D eigenvalue weighted by atomic mass is 32.3. The average molecular weight is 1240 g/mol. The van der Waals surface area contributed by atoms with Crippen LogP contribution in [0.4, 0.5) is 0 Å². The van der Waals surface area contributed by atoms with Gasteiger partial charge in [-0.15, -0.1) is 13.2 Å². The van der Waals surface area contributed by atoms with Gasteiger partial charge in [-0.2, -0.15) is 33.7 Å². The first-order valence-electron chi connectivity index (χ1n) is 26.5. The Bertz CT molecular complexity index is 2630. The third-order valence-corrected chi connectivity index (χ3v) is 14.9. The fraction of sp³-hybridized carbons (Fsp3) is 0.630. The SMILES string of the molecule is C=C.CC.CC.CC.CC.CC.CC.CC.CCCC(C)C.CCc1ccc(S(=O)(=O)CCOS(=O)(=O)O)cc1.CCc1ccc(S(=O)(=O)CCOS(=O)(=O)O)cc1S(=O)(=O)O.Cc1cc(S(=O)(=O)O)c(C(C)C)c(C)c1C. The van der Waals surface area contributed by atoms with Gasteiger partial charge in [0.1, 0.15) is 0 Å². The molecule has 3 rings (SSSR count). The Labute approximate surface area is 477 Å². The van der Waals surface area contributed by atoms with Gasteiger partial charge in [0.2, 0.25) is 0 Å². The predicted octanol–water partition coefficient (Wildman–Crippen LogP) is 14.3. The van der Waals surface area contributed by atoms with Crippen LogP contribution in [0.2, 0.25) is 0 Å². The highest BCUT2D eigenvalue weighted by Gasteiger charge is 2.23. The maximum Gasteiger partial charge on any atom is 0.397 e. The normalized spacial score (nSPS) is 10.5. The molecule has 0 radical (unpaired) electrons. The summed E-state index contributed by atoms with van der Waals surface area (Å²) in [5, 5.41) is 0. The van der Waals surface area contributed by atoms with Crippen LogP contribution in [0.15, 0.2) is 81.3 Å². The summed E-state index contributed by atoms with van der Waals surface area (Å²) in [6.07, 6.45) is 3.76. The molecule has 0 aliphatic rings. The lowest BCUT2D eigenvalue weighted by Crippen LogP contribution is -2.16. The maximum absolute atomic E-state index is 12.0. The largest absolute Gasteiger partial charge is 0.397 e. The van der Waals surface area contributed by atoms with E-state index in [4.69, 9.17) is 13.7 Å². The Morgan fingerprint density at radius 3 is 1.09 bits per heavy atom. The van der Waals surface area contributed by atoms with Crippen LogP contribution in [0.3, 0.4) is 0 Å². The molecule has 3 aromatic rings. The minimum absolute atomic E-state index is 0.0445. The van der Waals surface area contributed by atoms with E-state index in [1.807, 2.05) is 138 Å². The van der Waals surface area contributed by atoms with Gasteiger partial charge < -0.3 is 0 Å². The Kier molecular flexibility index (Phi) is 62.7. The number of rotatable bonds is 17. The minimum atomic E-state index is -4.77. The van der Waals surface area contributed by atoms with E-state index in [9.17, 15) is 55.1 Å². The molecule has 0 bridgehead atoms. The van der Waals surface area contributed by atoms with E-state index in [0.717, 1.165) is 46.7 Å². The van der Waals surface area contributed by atoms with E-state index in [1.165, 1.54) is 31.0 Å². The van der Waals surface area contributed by atoms with Crippen molar-refractivity contribution in [2.45, 2.75) is 217 Å². The standard InChI is InChI=1S/C12H18O3S.C10H14O9S3.C10H14O6S2.C6H14.7C2H6.C2H4/c1-7(2)12-10(5)9(4)8(3)6-11(12)16(13,14)15;1-2-8-3-4-9(7-10(8)21(13,14)15)20(11,12)6-5-19-22(16,17)18;1-2-9-3-5-10(6-4-9)17(11,12)8-7-16-18(13,14)15;1-4-5-6(2)3;8*1-2/h6-7H,1-5H3,(H,13,14,15);3-4,7H,2,5-6H2,1H3,(H,13,14,15)(H,16,17,18);3-6H,2,7-8H2,1H3,(H,13,14,15);6H,4-5H2,1-3H3;7*1-2H3;1-2H2. The summed E-state index contributed by atoms with van der Waals surface area (Å²) < 4.78 is 177. The van der Waals surface area contributed by atoms with E-state index in [2.05, 4.69) is 42.3 Å². The van der Waals surface area contributed by atoms with E-state index in [1.54, 1.807) is 25.1 Å². The third kappa shape index (κ3) is 45.6. The number of benzene rings is 3. The van der Waals surface area contributed by atoms with Gasteiger partial charge in [-0.1, -0.05) is 176 Å². The summed E-state index contributed by atoms with van der Waals surface area (Å²) in [7, 11) is -25.8. The molecular weight excluding hydrogens is 1130 g/mol. The van der Waals surface area contributed by atoms with Crippen molar-refractivity contribution in [2.75, 3.05) is 24.7 Å². The van der Waals surface area contributed by atoms with Crippen LogP contribution in [0, 0.1) is 26.7 Å². The smallest absolute Gasteiger partial charge is 0.282 e. The van der Waals surface area contributed by atoms with Gasteiger partial charge in [-0.05, 0) is 109 Å². The topological polar surface area (TPSA) is 304 Å².